The van der Waals surface area contributed by atoms with Gasteiger partial charge in [-0.3, -0.25) is 14.4 Å². The van der Waals surface area contributed by atoms with E-state index in [0.717, 1.165) is 0 Å². The summed E-state index contributed by atoms with van der Waals surface area (Å²) in [5.74, 6) is -0.806. The van der Waals surface area contributed by atoms with Gasteiger partial charge in [-0.05, 0) is 6.92 Å². The molecule has 5 nitrogen and oxygen atoms in total. The van der Waals surface area contributed by atoms with E-state index in [0.29, 0.717) is 0 Å². The molecule has 1 amide bonds. The highest BCUT2D eigenvalue weighted by Gasteiger charge is 2.09. The van der Waals surface area contributed by atoms with Crippen molar-refractivity contribution >= 4 is 18.2 Å². The topological polar surface area (TPSA) is 72.5 Å². The van der Waals surface area contributed by atoms with Crippen molar-refractivity contribution in [2.75, 3.05) is 7.11 Å². The Hall–Kier alpha value is -1.39. The molecule has 0 saturated carbocycles. The Morgan fingerprint density at radius 3 is 2.54 bits per heavy atom. The summed E-state index contributed by atoms with van der Waals surface area (Å²) >= 11 is 0. The SMILES string of the molecule is COC(=O)CCC(=O)N[C@@H](C)[C]=O. The summed E-state index contributed by atoms with van der Waals surface area (Å²) in [6, 6.07) is -0.634. The fraction of sp³-hybridized carbons (Fsp3) is 0.625. The zero-order valence-corrected chi connectivity index (χ0v) is 7.62. The maximum absolute atomic E-state index is 10.9. The molecular formula is C8H12NO4. The van der Waals surface area contributed by atoms with Crippen LogP contribution in [0.4, 0.5) is 0 Å². The Kier molecular flexibility index (Phi) is 5.50. The van der Waals surface area contributed by atoms with Gasteiger partial charge >= 0.3 is 5.97 Å². The van der Waals surface area contributed by atoms with Crippen molar-refractivity contribution in [2.24, 2.45) is 0 Å². The van der Waals surface area contributed by atoms with E-state index < -0.39 is 12.0 Å². The Labute approximate surface area is 76.4 Å². The highest BCUT2D eigenvalue weighted by molar-refractivity contribution is 5.83. The molecule has 0 rings (SSSR count). The highest BCUT2D eigenvalue weighted by atomic mass is 16.5. The van der Waals surface area contributed by atoms with Crippen LogP contribution in [-0.2, 0) is 19.1 Å². The molecule has 0 unspecified atom stereocenters. The highest BCUT2D eigenvalue weighted by Crippen LogP contribution is 1.92. The van der Waals surface area contributed by atoms with E-state index in [1.807, 2.05) is 0 Å². The van der Waals surface area contributed by atoms with Crippen molar-refractivity contribution < 1.29 is 19.1 Å². The minimum Gasteiger partial charge on any atom is -0.469 e. The molecule has 0 aromatic carbocycles. The molecule has 0 heterocycles. The molecule has 1 N–H and O–H groups in total. The monoisotopic (exact) mass is 186 g/mol. The molecule has 1 atom stereocenters. The van der Waals surface area contributed by atoms with Crippen LogP contribution in [0.5, 0.6) is 0 Å². The van der Waals surface area contributed by atoms with Gasteiger partial charge in [0.05, 0.1) is 19.6 Å². The van der Waals surface area contributed by atoms with Gasteiger partial charge in [-0.1, -0.05) is 0 Å². The summed E-state index contributed by atoms with van der Waals surface area (Å²) in [6.07, 6.45) is 1.65. The van der Waals surface area contributed by atoms with Gasteiger partial charge < -0.3 is 10.1 Å². The summed E-state index contributed by atoms with van der Waals surface area (Å²) in [5, 5.41) is 2.34. The average molecular weight is 186 g/mol. The summed E-state index contributed by atoms with van der Waals surface area (Å²) in [6.45, 7) is 1.50. The van der Waals surface area contributed by atoms with Crippen LogP contribution in [-0.4, -0.2) is 31.3 Å². The van der Waals surface area contributed by atoms with E-state index in [1.54, 1.807) is 6.29 Å². The van der Waals surface area contributed by atoms with Crippen molar-refractivity contribution in [3.63, 3.8) is 0 Å². The van der Waals surface area contributed by atoms with Gasteiger partial charge in [-0.15, -0.1) is 0 Å². The second-order valence-corrected chi connectivity index (χ2v) is 2.48. The number of carbonyl (C=O) groups excluding carboxylic acids is 3. The minimum atomic E-state index is -0.634. The van der Waals surface area contributed by atoms with Crippen LogP contribution in [0.3, 0.4) is 0 Å². The Morgan fingerprint density at radius 1 is 1.46 bits per heavy atom. The molecular weight excluding hydrogens is 174 g/mol. The van der Waals surface area contributed by atoms with Gasteiger partial charge in [0, 0.05) is 6.42 Å². The molecule has 5 heteroatoms. The van der Waals surface area contributed by atoms with Gasteiger partial charge in [-0.25, -0.2) is 0 Å². The lowest BCUT2D eigenvalue weighted by Gasteiger charge is -2.05. The van der Waals surface area contributed by atoms with Gasteiger partial charge in [0.2, 0.25) is 12.2 Å². The van der Waals surface area contributed by atoms with Gasteiger partial charge in [0.25, 0.3) is 0 Å². The lowest BCUT2D eigenvalue weighted by atomic mass is 10.3. The molecule has 0 aliphatic carbocycles. The first-order valence-electron chi connectivity index (χ1n) is 3.84. The largest absolute Gasteiger partial charge is 0.469 e. The number of hydrogen-bond acceptors (Lipinski definition) is 4. The van der Waals surface area contributed by atoms with E-state index in [-0.39, 0.29) is 18.7 Å². The number of amides is 1. The molecule has 0 aliphatic rings. The number of esters is 1. The number of methoxy groups -OCH3 is 1. The van der Waals surface area contributed by atoms with Crippen LogP contribution in [0, 0.1) is 0 Å². The first-order chi connectivity index (χ1) is 6.10. The Morgan fingerprint density at radius 2 is 2.08 bits per heavy atom. The van der Waals surface area contributed by atoms with Crippen LogP contribution in [0.1, 0.15) is 19.8 Å². The number of hydrogen-bond donors (Lipinski definition) is 1. The van der Waals surface area contributed by atoms with Crippen molar-refractivity contribution in [1.29, 1.82) is 0 Å². The van der Waals surface area contributed by atoms with Crippen molar-refractivity contribution in [1.82, 2.24) is 5.32 Å². The second kappa shape index (κ2) is 6.16. The average Bonchev–Trinajstić information content (AvgIpc) is 2.13. The number of carbonyl (C=O) groups is 2. The van der Waals surface area contributed by atoms with E-state index in [4.69, 9.17) is 0 Å². The maximum atomic E-state index is 10.9. The van der Waals surface area contributed by atoms with Crippen LogP contribution >= 0.6 is 0 Å². The molecule has 0 fully saturated rings. The third-order valence-electron chi connectivity index (χ3n) is 1.34. The molecule has 0 aliphatic heterocycles. The van der Waals surface area contributed by atoms with Gasteiger partial charge in [-0.2, -0.15) is 0 Å². The molecule has 0 aromatic heterocycles. The number of rotatable bonds is 5. The molecule has 0 saturated heterocycles. The predicted octanol–water partition coefficient (Wildman–Crippen LogP) is -0.446. The lowest BCUT2D eigenvalue weighted by Crippen LogP contribution is -2.33. The summed E-state index contributed by atoms with van der Waals surface area (Å²) in [5.41, 5.74) is 0. The predicted molar refractivity (Wildman–Crippen MR) is 44.5 cm³/mol. The van der Waals surface area contributed by atoms with E-state index >= 15 is 0 Å². The maximum Gasteiger partial charge on any atom is 0.306 e. The van der Waals surface area contributed by atoms with Crippen LogP contribution in [0.2, 0.25) is 0 Å². The number of ether oxygens (including phenoxy) is 1. The smallest absolute Gasteiger partial charge is 0.306 e. The van der Waals surface area contributed by atoms with E-state index in [1.165, 1.54) is 14.0 Å². The molecule has 0 spiro atoms. The quantitative estimate of drug-likeness (QED) is 0.590. The summed E-state index contributed by atoms with van der Waals surface area (Å²) in [4.78, 5) is 31.5. The standard InChI is InChI=1S/C8H12NO4/c1-6(5-10)9-7(11)3-4-8(12)13-2/h6H,3-4H2,1-2H3,(H,9,11)/t6-/m0/s1. The summed E-state index contributed by atoms with van der Waals surface area (Å²) < 4.78 is 4.34. The summed E-state index contributed by atoms with van der Waals surface area (Å²) in [7, 11) is 1.25. The fourth-order valence-electron chi connectivity index (χ4n) is 0.661. The van der Waals surface area contributed by atoms with Gasteiger partial charge in [0.1, 0.15) is 0 Å². The normalized spacial score (nSPS) is 11.5. The van der Waals surface area contributed by atoms with E-state index in [2.05, 4.69) is 10.1 Å². The van der Waals surface area contributed by atoms with Gasteiger partial charge in [0.15, 0.2) is 0 Å². The molecule has 0 bridgehead atoms. The van der Waals surface area contributed by atoms with Crippen LogP contribution in [0.25, 0.3) is 0 Å². The first kappa shape index (κ1) is 11.6. The first-order valence-corrected chi connectivity index (χ1v) is 3.84. The fourth-order valence-corrected chi connectivity index (χ4v) is 0.661. The number of nitrogens with one attached hydrogen (secondary N) is 1. The van der Waals surface area contributed by atoms with Crippen molar-refractivity contribution in [3.05, 3.63) is 0 Å². The van der Waals surface area contributed by atoms with Crippen molar-refractivity contribution in [2.45, 2.75) is 25.8 Å². The molecule has 0 aromatic rings. The molecule has 1 radical (unpaired) electrons. The molecule has 73 valence electrons. The lowest BCUT2D eigenvalue weighted by molar-refractivity contribution is -0.142. The zero-order chi connectivity index (χ0) is 10.3. The Bertz CT molecular complexity index is 202. The third-order valence-corrected chi connectivity index (χ3v) is 1.34. The van der Waals surface area contributed by atoms with Crippen LogP contribution < -0.4 is 5.32 Å². The second-order valence-electron chi connectivity index (χ2n) is 2.48. The zero-order valence-electron chi connectivity index (χ0n) is 7.62. The van der Waals surface area contributed by atoms with E-state index in [9.17, 15) is 14.4 Å². The minimum absolute atomic E-state index is 0.0217. The molecule has 13 heavy (non-hydrogen) atoms. The van der Waals surface area contributed by atoms with Crippen molar-refractivity contribution in [3.8, 4) is 0 Å². The van der Waals surface area contributed by atoms with Crippen LogP contribution in [0.15, 0.2) is 0 Å². The Balaban J connectivity index is 3.63. The third kappa shape index (κ3) is 5.84.